The highest BCUT2D eigenvalue weighted by atomic mass is 32.2. The van der Waals surface area contributed by atoms with Gasteiger partial charge in [-0.05, 0) is 47.7 Å². The van der Waals surface area contributed by atoms with E-state index in [1.807, 2.05) is 0 Å². The van der Waals surface area contributed by atoms with Crippen LogP contribution in [0, 0.1) is 5.41 Å². The molecule has 4 rings (SSSR count). The van der Waals surface area contributed by atoms with Gasteiger partial charge in [0.1, 0.15) is 0 Å². The second kappa shape index (κ2) is 7.47. The van der Waals surface area contributed by atoms with E-state index < -0.39 is 5.91 Å². The number of fused-ring (bicyclic) bond motifs is 1. The van der Waals surface area contributed by atoms with E-state index in [1.165, 1.54) is 44.4 Å². The molecule has 0 atom stereocenters. The van der Waals surface area contributed by atoms with E-state index in [0.717, 1.165) is 0 Å². The summed E-state index contributed by atoms with van der Waals surface area (Å²) in [5, 5.41) is 15.0. The van der Waals surface area contributed by atoms with Crippen molar-refractivity contribution in [3.8, 4) is 17.2 Å². The van der Waals surface area contributed by atoms with Crippen molar-refractivity contribution < 1.29 is 23.4 Å². The van der Waals surface area contributed by atoms with Crippen LogP contribution >= 0.6 is 11.8 Å². The highest BCUT2D eigenvalue weighted by Crippen LogP contribution is 2.39. The van der Waals surface area contributed by atoms with Gasteiger partial charge < -0.3 is 18.6 Å². The molecule has 1 N–H and O–H groups in total. The van der Waals surface area contributed by atoms with E-state index in [9.17, 15) is 4.79 Å². The Morgan fingerprint density at radius 1 is 1.17 bits per heavy atom. The number of furan rings is 1. The zero-order chi connectivity index (χ0) is 20.5. The first kappa shape index (κ1) is 18.8. The first-order valence-corrected chi connectivity index (χ1v) is 9.21. The smallest absolute Gasteiger partial charge is 0.283 e. The topological polar surface area (TPSA) is 110 Å². The first-order chi connectivity index (χ1) is 14.0. The minimum absolute atomic E-state index is 0.0807. The number of nitrogens with one attached hydrogen (secondary N) is 1. The molecule has 1 amide bonds. The van der Waals surface area contributed by atoms with Gasteiger partial charge in [0.2, 0.25) is 10.9 Å². The molecule has 29 heavy (non-hydrogen) atoms. The molecule has 0 spiro atoms. The fourth-order valence-electron chi connectivity index (χ4n) is 2.84. The Labute approximate surface area is 170 Å². The van der Waals surface area contributed by atoms with E-state index in [1.54, 1.807) is 30.3 Å². The lowest BCUT2D eigenvalue weighted by Crippen LogP contribution is -2.35. The lowest BCUT2D eigenvalue weighted by Gasteiger charge is -2.20. The molecule has 10 heteroatoms. The number of hydrogen-bond donors (Lipinski definition) is 1. The van der Waals surface area contributed by atoms with Gasteiger partial charge in [-0.3, -0.25) is 10.2 Å². The Hall–Kier alpha value is -3.53. The van der Waals surface area contributed by atoms with Crippen molar-refractivity contribution in [2.24, 2.45) is 10.1 Å². The van der Waals surface area contributed by atoms with Gasteiger partial charge in [0, 0.05) is 0 Å². The molecule has 2 aliphatic rings. The van der Waals surface area contributed by atoms with Crippen LogP contribution in [-0.4, -0.2) is 48.3 Å². The van der Waals surface area contributed by atoms with E-state index in [4.69, 9.17) is 24.0 Å². The SMILES string of the molecule is COc1cc(C=C2C(=N)N3N=C(c4ccco4)SC3=NC2=O)cc(OC)c1OC. The van der Waals surface area contributed by atoms with Crippen molar-refractivity contribution in [2.45, 2.75) is 0 Å². The average Bonchev–Trinajstić information content (AvgIpc) is 3.40. The van der Waals surface area contributed by atoms with E-state index in [0.29, 0.717) is 38.8 Å². The molecule has 0 radical (unpaired) electrons. The highest BCUT2D eigenvalue weighted by molar-refractivity contribution is 8.27. The molecule has 2 aliphatic heterocycles. The van der Waals surface area contributed by atoms with Crippen LogP contribution in [0.2, 0.25) is 0 Å². The number of rotatable bonds is 5. The Bertz CT molecular complexity index is 1060. The average molecular weight is 412 g/mol. The molecule has 0 bridgehead atoms. The van der Waals surface area contributed by atoms with Crippen LogP contribution in [0.4, 0.5) is 0 Å². The van der Waals surface area contributed by atoms with Gasteiger partial charge in [-0.15, -0.1) is 0 Å². The normalized spacial score (nSPS) is 17.2. The summed E-state index contributed by atoms with van der Waals surface area (Å²) in [6.45, 7) is 0. The summed E-state index contributed by atoms with van der Waals surface area (Å²) in [5.74, 6) is 1.25. The summed E-state index contributed by atoms with van der Waals surface area (Å²) in [5.41, 5.74) is 0.682. The number of hydrogen-bond acceptors (Lipinski definition) is 8. The fourth-order valence-corrected chi connectivity index (χ4v) is 3.70. The van der Waals surface area contributed by atoms with Gasteiger partial charge >= 0.3 is 0 Å². The highest BCUT2D eigenvalue weighted by Gasteiger charge is 2.36. The molecule has 0 aliphatic carbocycles. The molecular weight excluding hydrogens is 396 g/mol. The van der Waals surface area contributed by atoms with E-state index in [-0.39, 0.29) is 11.4 Å². The summed E-state index contributed by atoms with van der Waals surface area (Å²) in [7, 11) is 4.52. The molecule has 9 nitrogen and oxygen atoms in total. The summed E-state index contributed by atoms with van der Waals surface area (Å²) in [6.07, 6.45) is 3.07. The molecule has 3 heterocycles. The maximum absolute atomic E-state index is 12.6. The fraction of sp³-hybridized carbons (Fsp3) is 0.158. The van der Waals surface area contributed by atoms with Crippen molar-refractivity contribution in [2.75, 3.05) is 21.3 Å². The Balaban J connectivity index is 1.72. The lowest BCUT2D eigenvalue weighted by molar-refractivity contribution is -0.114. The predicted molar refractivity (Wildman–Crippen MR) is 109 cm³/mol. The molecular formula is C19H16N4O5S. The largest absolute Gasteiger partial charge is 0.493 e. The maximum Gasteiger partial charge on any atom is 0.283 e. The zero-order valence-corrected chi connectivity index (χ0v) is 16.6. The summed E-state index contributed by atoms with van der Waals surface area (Å²) in [4.78, 5) is 16.6. The predicted octanol–water partition coefficient (Wildman–Crippen LogP) is 2.97. The van der Waals surface area contributed by atoms with Gasteiger partial charge in [-0.1, -0.05) is 0 Å². The van der Waals surface area contributed by atoms with Crippen molar-refractivity contribution in [3.05, 3.63) is 47.4 Å². The molecule has 148 valence electrons. The Morgan fingerprint density at radius 3 is 2.48 bits per heavy atom. The first-order valence-electron chi connectivity index (χ1n) is 8.39. The number of hydrazone groups is 1. The van der Waals surface area contributed by atoms with Crippen LogP contribution in [0.1, 0.15) is 11.3 Å². The third kappa shape index (κ3) is 3.27. The van der Waals surface area contributed by atoms with Crippen molar-refractivity contribution in [1.29, 1.82) is 5.41 Å². The minimum Gasteiger partial charge on any atom is -0.493 e. The lowest BCUT2D eigenvalue weighted by atomic mass is 10.1. The number of aliphatic imine (C=N–C) groups is 1. The number of methoxy groups -OCH3 is 3. The Morgan fingerprint density at radius 2 is 1.90 bits per heavy atom. The van der Waals surface area contributed by atoms with Crippen LogP contribution in [0.5, 0.6) is 17.2 Å². The van der Waals surface area contributed by atoms with Crippen LogP contribution in [0.15, 0.2) is 50.6 Å². The number of amides is 1. The van der Waals surface area contributed by atoms with Gasteiger partial charge in [0.25, 0.3) is 5.91 Å². The second-order valence-electron chi connectivity index (χ2n) is 5.86. The van der Waals surface area contributed by atoms with Crippen LogP contribution < -0.4 is 14.2 Å². The Kier molecular flexibility index (Phi) is 4.85. The molecule has 0 saturated heterocycles. The van der Waals surface area contributed by atoms with Gasteiger partial charge in [-0.2, -0.15) is 15.1 Å². The number of nitrogens with zero attached hydrogens (tertiary/aromatic N) is 3. The zero-order valence-electron chi connectivity index (χ0n) is 15.8. The van der Waals surface area contributed by atoms with Crippen LogP contribution in [0.3, 0.4) is 0 Å². The van der Waals surface area contributed by atoms with Crippen LogP contribution in [-0.2, 0) is 4.79 Å². The number of carbonyl (C=O) groups is 1. The number of benzene rings is 1. The molecule has 0 fully saturated rings. The number of amidine groups is 2. The van der Waals surface area contributed by atoms with Gasteiger partial charge in [-0.25, -0.2) is 0 Å². The molecule has 1 aromatic carbocycles. The number of carbonyl (C=O) groups excluding carboxylic acids is 1. The summed E-state index contributed by atoms with van der Waals surface area (Å²) in [6, 6.07) is 6.86. The maximum atomic E-state index is 12.6. The minimum atomic E-state index is -0.529. The van der Waals surface area contributed by atoms with Crippen molar-refractivity contribution >= 4 is 39.8 Å². The second-order valence-corrected chi connectivity index (χ2v) is 6.82. The molecule has 1 aromatic heterocycles. The monoisotopic (exact) mass is 412 g/mol. The number of thioether (sulfide) groups is 1. The number of ether oxygens (including phenoxy) is 3. The third-order valence-corrected chi connectivity index (χ3v) is 5.11. The van der Waals surface area contributed by atoms with E-state index >= 15 is 0 Å². The van der Waals surface area contributed by atoms with Crippen molar-refractivity contribution in [3.63, 3.8) is 0 Å². The third-order valence-electron chi connectivity index (χ3n) is 4.18. The molecule has 0 unspecified atom stereocenters. The van der Waals surface area contributed by atoms with Crippen molar-refractivity contribution in [1.82, 2.24) is 5.01 Å². The van der Waals surface area contributed by atoms with Gasteiger partial charge in [0.05, 0.1) is 33.2 Å². The summed E-state index contributed by atoms with van der Waals surface area (Å²) >= 11 is 1.17. The molecule has 0 saturated carbocycles. The summed E-state index contributed by atoms with van der Waals surface area (Å²) < 4.78 is 21.3. The standard InChI is InChI=1S/C19H16N4O5S/c1-25-13-8-10(9-14(26-2)15(13)27-3)7-11-16(20)23-19(21-17(11)24)29-18(22-23)12-5-4-6-28-12/h4-9,20H,1-3H3. The quantitative estimate of drug-likeness (QED) is 0.752. The molecule has 2 aromatic rings. The van der Waals surface area contributed by atoms with E-state index in [2.05, 4.69) is 10.1 Å². The van der Waals surface area contributed by atoms with Crippen LogP contribution in [0.25, 0.3) is 6.08 Å². The van der Waals surface area contributed by atoms with Gasteiger partial charge in [0.15, 0.2) is 28.1 Å².